The summed E-state index contributed by atoms with van der Waals surface area (Å²) in [6.45, 7) is 4.02. The summed E-state index contributed by atoms with van der Waals surface area (Å²) in [5.74, 6) is -0.234. The van der Waals surface area contributed by atoms with Gasteiger partial charge in [0, 0.05) is 24.3 Å². The molecular weight excluding hydrogens is 366 g/mol. The number of aryl methyl sites for hydroxylation is 1. The largest absolute Gasteiger partial charge is 0.370 e. The van der Waals surface area contributed by atoms with E-state index in [1.54, 1.807) is 6.07 Å². The first kappa shape index (κ1) is 18.7. The van der Waals surface area contributed by atoms with E-state index in [0.29, 0.717) is 10.6 Å². The molecule has 0 saturated carbocycles. The maximum atomic E-state index is 12.3. The maximum Gasteiger partial charge on any atom is 0.257 e. The third-order valence-electron chi connectivity index (χ3n) is 4.41. The number of halogens is 1. The van der Waals surface area contributed by atoms with Gasteiger partial charge in [-0.3, -0.25) is 10.1 Å². The van der Waals surface area contributed by atoms with Crippen molar-refractivity contribution in [2.75, 3.05) is 23.3 Å². The predicted molar refractivity (Wildman–Crippen MR) is 112 cm³/mol. The molecule has 2 aromatic carbocycles. The van der Waals surface area contributed by atoms with Gasteiger partial charge in [0.05, 0.1) is 10.7 Å². The van der Waals surface area contributed by atoms with E-state index in [4.69, 9.17) is 23.8 Å². The number of anilines is 2. The fraction of sp³-hybridized carbons (Fsp3) is 0.300. The number of hydrogen-bond acceptors (Lipinski definition) is 3. The minimum absolute atomic E-state index is 0.234. The van der Waals surface area contributed by atoms with Gasteiger partial charge in [-0.05, 0) is 68.7 Å². The monoisotopic (exact) mass is 387 g/mol. The zero-order valence-electron chi connectivity index (χ0n) is 14.7. The lowest BCUT2D eigenvalue weighted by atomic mass is 10.1. The first-order valence-corrected chi connectivity index (χ1v) is 9.55. The topological polar surface area (TPSA) is 44.4 Å². The summed E-state index contributed by atoms with van der Waals surface area (Å²) in [6.07, 6.45) is 3.68. The molecule has 1 fully saturated rings. The molecule has 1 amide bonds. The molecule has 1 aliphatic heterocycles. The third kappa shape index (κ3) is 4.74. The van der Waals surface area contributed by atoms with Crippen molar-refractivity contribution < 1.29 is 4.79 Å². The van der Waals surface area contributed by atoms with Crippen molar-refractivity contribution in [3.05, 3.63) is 58.6 Å². The lowest BCUT2D eigenvalue weighted by Gasteiger charge is -2.29. The maximum absolute atomic E-state index is 12.3. The van der Waals surface area contributed by atoms with Gasteiger partial charge in [0.25, 0.3) is 5.91 Å². The second-order valence-electron chi connectivity index (χ2n) is 6.49. The summed E-state index contributed by atoms with van der Waals surface area (Å²) >= 11 is 11.7. The quantitative estimate of drug-likeness (QED) is 0.745. The molecule has 0 aliphatic carbocycles. The van der Waals surface area contributed by atoms with Gasteiger partial charge in [-0.15, -0.1) is 0 Å². The molecule has 1 heterocycles. The smallest absolute Gasteiger partial charge is 0.257 e. The summed E-state index contributed by atoms with van der Waals surface area (Å²) in [4.78, 5) is 14.6. The molecule has 1 saturated heterocycles. The number of rotatable bonds is 3. The molecule has 0 bridgehead atoms. The summed E-state index contributed by atoms with van der Waals surface area (Å²) in [7, 11) is 0. The van der Waals surface area contributed by atoms with Gasteiger partial charge in [0.15, 0.2) is 5.11 Å². The lowest BCUT2D eigenvalue weighted by Crippen LogP contribution is -2.34. The minimum atomic E-state index is -0.234. The normalized spacial score (nSPS) is 14.0. The number of benzene rings is 2. The second-order valence-corrected chi connectivity index (χ2v) is 7.31. The van der Waals surface area contributed by atoms with E-state index in [-0.39, 0.29) is 11.0 Å². The summed E-state index contributed by atoms with van der Waals surface area (Å²) in [6, 6.07) is 13.1. The number of nitrogens with one attached hydrogen (secondary N) is 2. The van der Waals surface area contributed by atoms with Crippen molar-refractivity contribution in [2.45, 2.75) is 26.2 Å². The Balaban J connectivity index is 1.62. The molecule has 6 heteroatoms. The Hall–Kier alpha value is -2.11. The van der Waals surface area contributed by atoms with E-state index >= 15 is 0 Å². The number of nitrogens with zero attached hydrogens (tertiary/aromatic N) is 1. The number of carbonyl (C=O) groups excluding carboxylic acids is 1. The van der Waals surface area contributed by atoms with Crippen molar-refractivity contribution >= 4 is 46.2 Å². The van der Waals surface area contributed by atoms with Crippen LogP contribution in [0.15, 0.2) is 42.5 Å². The first-order chi connectivity index (χ1) is 12.5. The molecular formula is C20H22ClN3OS. The highest BCUT2D eigenvalue weighted by Crippen LogP contribution is 2.30. The van der Waals surface area contributed by atoms with E-state index in [9.17, 15) is 4.79 Å². The molecule has 1 aliphatic rings. The van der Waals surface area contributed by atoms with Crippen LogP contribution >= 0.6 is 23.8 Å². The van der Waals surface area contributed by atoms with E-state index in [2.05, 4.69) is 15.5 Å². The van der Waals surface area contributed by atoms with Crippen molar-refractivity contribution in [2.24, 2.45) is 0 Å². The van der Waals surface area contributed by atoms with Gasteiger partial charge in [-0.1, -0.05) is 29.3 Å². The number of piperidine rings is 1. The molecule has 0 atom stereocenters. The Labute approximate surface area is 164 Å². The lowest BCUT2D eigenvalue weighted by molar-refractivity contribution is 0.0977. The molecule has 4 nitrogen and oxygen atoms in total. The Kier molecular flexibility index (Phi) is 6.12. The van der Waals surface area contributed by atoms with Crippen LogP contribution in [0.4, 0.5) is 11.4 Å². The van der Waals surface area contributed by atoms with Gasteiger partial charge in [-0.2, -0.15) is 0 Å². The van der Waals surface area contributed by atoms with Gasteiger partial charge in [0.1, 0.15) is 0 Å². The van der Waals surface area contributed by atoms with E-state index in [0.717, 1.165) is 30.0 Å². The molecule has 0 radical (unpaired) electrons. The van der Waals surface area contributed by atoms with Crippen LogP contribution < -0.4 is 15.5 Å². The van der Waals surface area contributed by atoms with E-state index in [1.807, 2.05) is 43.3 Å². The number of amides is 1. The molecule has 0 unspecified atom stereocenters. The first-order valence-electron chi connectivity index (χ1n) is 8.76. The molecule has 0 aromatic heterocycles. The fourth-order valence-electron chi connectivity index (χ4n) is 3.10. The summed E-state index contributed by atoms with van der Waals surface area (Å²) in [5.41, 5.74) is 3.40. The van der Waals surface area contributed by atoms with Crippen LogP contribution in [0.3, 0.4) is 0 Å². The Morgan fingerprint density at radius 1 is 1.12 bits per heavy atom. The highest BCUT2D eigenvalue weighted by atomic mass is 35.5. The van der Waals surface area contributed by atoms with E-state index in [1.165, 1.54) is 19.3 Å². The van der Waals surface area contributed by atoms with Crippen LogP contribution in [0.2, 0.25) is 5.02 Å². The van der Waals surface area contributed by atoms with Gasteiger partial charge in [0.2, 0.25) is 0 Å². The average molecular weight is 388 g/mol. The van der Waals surface area contributed by atoms with Crippen molar-refractivity contribution in [3.8, 4) is 0 Å². The molecule has 136 valence electrons. The number of carbonyl (C=O) groups is 1. The summed E-state index contributed by atoms with van der Waals surface area (Å²) in [5, 5.41) is 6.66. The molecule has 2 aromatic rings. The number of thiocarbonyl (C=S) groups is 1. The Bertz CT molecular complexity index is 818. The van der Waals surface area contributed by atoms with Crippen molar-refractivity contribution in [1.29, 1.82) is 0 Å². The molecule has 0 spiro atoms. The Morgan fingerprint density at radius 2 is 1.88 bits per heavy atom. The highest BCUT2D eigenvalue weighted by Gasteiger charge is 2.14. The summed E-state index contributed by atoms with van der Waals surface area (Å²) < 4.78 is 0. The number of hydrogen-bond donors (Lipinski definition) is 2. The van der Waals surface area contributed by atoms with Crippen molar-refractivity contribution in [3.63, 3.8) is 0 Å². The van der Waals surface area contributed by atoms with Crippen LogP contribution in [0.5, 0.6) is 0 Å². The fourth-order valence-corrected chi connectivity index (χ4v) is 3.61. The molecule has 3 rings (SSSR count). The van der Waals surface area contributed by atoms with Crippen LogP contribution in [-0.4, -0.2) is 24.1 Å². The minimum Gasteiger partial charge on any atom is -0.370 e. The molecule has 2 N–H and O–H groups in total. The SMILES string of the molecule is Cc1cccc(C(=O)NC(=S)Nc2ccc(N3CCCCC3)c(Cl)c2)c1. The van der Waals surface area contributed by atoms with E-state index < -0.39 is 0 Å². The van der Waals surface area contributed by atoms with Gasteiger partial charge in [-0.25, -0.2) is 0 Å². The van der Waals surface area contributed by atoms with Gasteiger partial charge >= 0.3 is 0 Å². The second kappa shape index (κ2) is 8.52. The highest BCUT2D eigenvalue weighted by molar-refractivity contribution is 7.80. The van der Waals surface area contributed by atoms with Crippen LogP contribution in [0.25, 0.3) is 0 Å². The van der Waals surface area contributed by atoms with Crippen LogP contribution in [0, 0.1) is 6.92 Å². The standard InChI is InChI=1S/C20H22ClN3OS/c1-14-6-5-7-15(12-14)19(25)23-20(26)22-16-8-9-18(17(21)13-16)24-10-3-2-4-11-24/h5-9,12-13H,2-4,10-11H2,1H3,(H2,22,23,25,26). The van der Waals surface area contributed by atoms with Crippen LogP contribution in [-0.2, 0) is 0 Å². The van der Waals surface area contributed by atoms with Crippen molar-refractivity contribution in [1.82, 2.24) is 5.32 Å². The average Bonchev–Trinajstić information content (AvgIpc) is 2.62. The third-order valence-corrected chi connectivity index (χ3v) is 4.92. The zero-order chi connectivity index (χ0) is 18.5. The van der Waals surface area contributed by atoms with Gasteiger partial charge < -0.3 is 10.2 Å². The Morgan fingerprint density at radius 3 is 2.58 bits per heavy atom. The predicted octanol–water partition coefficient (Wildman–Crippen LogP) is 4.77. The van der Waals surface area contributed by atoms with Crippen LogP contribution in [0.1, 0.15) is 35.2 Å². The zero-order valence-corrected chi connectivity index (χ0v) is 16.3. The molecule has 26 heavy (non-hydrogen) atoms.